The van der Waals surface area contributed by atoms with E-state index in [0.717, 1.165) is 59.2 Å². The molecule has 1 unspecified atom stereocenters. The van der Waals surface area contributed by atoms with Gasteiger partial charge in [-0.25, -0.2) is 14.4 Å². The average Bonchev–Trinajstić information content (AvgIpc) is 3.54. The van der Waals surface area contributed by atoms with Crippen molar-refractivity contribution >= 4 is 17.6 Å². The van der Waals surface area contributed by atoms with Crippen molar-refractivity contribution in [2.75, 3.05) is 18.7 Å². The van der Waals surface area contributed by atoms with Crippen LogP contribution in [-0.2, 0) is 0 Å². The summed E-state index contributed by atoms with van der Waals surface area (Å²) >= 11 is 0. The van der Waals surface area contributed by atoms with E-state index in [1.807, 2.05) is 48.0 Å². The molecule has 1 fully saturated rings. The topological polar surface area (TPSA) is 45.9 Å². The smallest absolute Gasteiger partial charge is 0.168 e. The number of rotatable bonds is 5. The first kappa shape index (κ1) is 23.0. The fourth-order valence-electron chi connectivity index (χ4n) is 5.07. The number of halogens is 1. The molecule has 3 aromatic carbocycles. The Morgan fingerprint density at radius 2 is 1.84 bits per heavy atom. The molecule has 2 aliphatic heterocycles. The second-order valence-corrected chi connectivity index (χ2v) is 9.31. The Morgan fingerprint density at radius 1 is 1.03 bits per heavy atom. The number of hydrogen-bond donors (Lipinski definition) is 0. The number of benzene rings is 3. The Labute approximate surface area is 215 Å². The molecule has 1 atom stereocenters. The van der Waals surface area contributed by atoms with Crippen molar-refractivity contribution in [3.63, 3.8) is 0 Å². The number of amidine groups is 1. The lowest BCUT2D eigenvalue weighted by atomic mass is 10.0. The SMILES string of the molecule is COc1cc(/C=C2\CCCN3C2=NC(c2ccccc2)N3c2ccc(F)cc2)ccc1-n1cnc(C)c1. The van der Waals surface area contributed by atoms with E-state index >= 15 is 0 Å². The van der Waals surface area contributed by atoms with E-state index in [9.17, 15) is 4.39 Å². The quantitative estimate of drug-likeness (QED) is 0.325. The van der Waals surface area contributed by atoms with Gasteiger partial charge in [-0.1, -0.05) is 36.4 Å². The Bertz CT molecular complexity index is 1480. The molecular weight excluding hydrogens is 465 g/mol. The van der Waals surface area contributed by atoms with Crippen LogP contribution in [0.2, 0.25) is 0 Å². The van der Waals surface area contributed by atoms with Crippen molar-refractivity contribution in [3.8, 4) is 11.4 Å². The van der Waals surface area contributed by atoms with E-state index in [-0.39, 0.29) is 12.0 Å². The van der Waals surface area contributed by atoms with Crippen LogP contribution in [0.4, 0.5) is 10.1 Å². The summed E-state index contributed by atoms with van der Waals surface area (Å²) in [4.78, 5) is 9.55. The monoisotopic (exact) mass is 493 g/mol. The maximum Gasteiger partial charge on any atom is 0.168 e. The van der Waals surface area contributed by atoms with Gasteiger partial charge >= 0.3 is 0 Å². The molecule has 1 saturated heterocycles. The van der Waals surface area contributed by atoms with Gasteiger partial charge < -0.3 is 9.30 Å². The Morgan fingerprint density at radius 3 is 2.57 bits per heavy atom. The molecule has 4 aromatic rings. The van der Waals surface area contributed by atoms with Crippen molar-refractivity contribution in [1.29, 1.82) is 0 Å². The molecule has 37 heavy (non-hydrogen) atoms. The Hall–Kier alpha value is -4.39. The van der Waals surface area contributed by atoms with E-state index in [1.54, 1.807) is 13.4 Å². The van der Waals surface area contributed by atoms with Crippen LogP contribution in [0.1, 0.15) is 35.8 Å². The number of aromatic nitrogens is 2. The summed E-state index contributed by atoms with van der Waals surface area (Å²) in [6.45, 7) is 2.82. The van der Waals surface area contributed by atoms with Crippen LogP contribution in [0.5, 0.6) is 5.75 Å². The summed E-state index contributed by atoms with van der Waals surface area (Å²) in [6.07, 6.45) is 7.69. The minimum atomic E-state index is -0.247. The minimum Gasteiger partial charge on any atom is -0.495 e. The summed E-state index contributed by atoms with van der Waals surface area (Å²) in [7, 11) is 1.69. The van der Waals surface area contributed by atoms with Gasteiger partial charge in [-0.15, -0.1) is 0 Å². The lowest BCUT2D eigenvalue weighted by Gasteiger charge is -2.38. The van der Waals surface area contributed by atoms with Crippen LogP contribution in [0.3, 0.4) is 0 Å². The third kappa shape index (κ3) is 4.37. The number of fused-ring (bicyclic) bond motifs is 1. The van der Waals surface area contributed by atoms with Gasteiger partial charge in [-0.05, 0) is 78.9 Å². The normalized spacial score (nSPS) is 18.2. The highest BCUT2D eigenvalue weighted by molar-refractivity contribution is 6.05. The van der Waals surface area contributed by atoms with Gasteiger partial charge in [0.1, 0.15) is 17.4 Å². The molecule has 7 heteroatoms. The van der Waals surface area contributed by atoms with Crippen LogP contribution < -0.4 is 9.75 Å². The molecule has 6 nitrogen and oxygen atoms in total. The maximum atomic E-state index is 13.7. The number of hydrogen-bond acceptors (Lipinski definition) is 5. The number of ether oxygens (including phenoxy) is 1. The summed E-state index contributed by atoms with van der Waals surface area (Å²) < 4.78 is 21.4. The standard InChI is InChI=1S/C30H28FN5O/c1-21-19-34(20-32-21)27-15-10-22(18-28(27)37-2)17-24-9-6-16-35-29(24)33-30(23-7-4-3-5-8-23)36(35)26-13-11-25(31)12-14-26/h3-5,7-8,10-15,17-20,30H,6,9,16H2,1-2H3/b24-17+. The van der Waals surface area contributed by atoms with Gasteiger partial charge in [0.25, 0.3) is 0 Å². The van der Waals surface area contributed by atoms with Crippen LogP contribution >= 0.6 is 0 Å². The third-order valence-corrected chi connectivity index (χ3v) is 6.81. The molecule has 0 amide bonds. The van der Waals surface area contributed by atoms with E-state index in [1.165, 1.54) is 17.7 Å². The van der Waals surface area contributed by atoms with E-state index in [4.69, 9.17) is 9.73 Å². The predicted molar refractivity (Wildman–Crippen MR) is 144 cm³/mol. The first-order valence-electron chi connectivity index (χ1n) is 12.5. The van der Waals surface area contributed by atoms with Crippen molar-refractivity contribution in [1.82, 2.24) is 14.6 Å². The highest BCUT2D eigenvalue weighted by Gasteiger charge is 2.38. The summed E-state index contributed by atoms with van der Waals surface area (Å²) in [5, 5.41) is 4.42. The van der Waals surface area contributed by atoms with Crippen LogP contribution in [-0.4, -0.2) is 34.1 Å². The van der Waals surface area contributed by atoms with Gasteiger partial charge in [-0.3, -0.25) is 10.0 Å². The Kier molecular flexibility index (Phi) is 5.96. The molecule has 0 N–H and O–H groups in total. The summed E-state index contributed by atoms with van der Waals surface area (Å²) in [6, 6.07) is 23.1. The van der Waals surface area contributed by atoms with Gasteiger partial charge in [-0.2, -0.15) is 0 Å². The second-order valence-electron chi connectivity index (χ2n) is 9.31. The summed E-state index contributed by atoms with van der Waals surface area (Å²) in [5.41, 5.74) is 6.12. The number of aryl methyl sites for hydroxylation is 1. The largest absolute Gasteiger partial charge is 0.495 e. The molecule has 0 saturated carbocycles. The van der Waals surface area contributed by atoms with Crippen molar-refractivity contribution in [3.05, 3.63) is 114 Å². The molecule has 0 spiro atoms. The van der Waals surface area contributed by atoms with Crippen molar-refractivity contribution < 1.29 is 9.13 Å². The maximum absolute atomic E-state index is 13.7. The van der Waals surface area contributed by atoms with E-state index in [0.29, 0.717) is 0 Å². The molecular formula is C30H28FN5O. The van der Waals surface area contributed by atoms with E-state index < -0.39 is 0 Å². The van der Waals surface area contributed by atoms with Crippen LogP contribution in [0.25, 0.3) is 11.8 Å². The second kappa shape index (κ2) is 9.58. The van der Waals surface area contributed by atoms with Gasteiger partial charge in [0.2, 0.25) is 0 Å². The number of hydrazine groups is 1. The van der Waals surface area contributed by atoms with E-state index in [2.05, 4.69) is 51.4 Å². The Balaban J connectivity index is 1.39. The van der Waals surface area contributed by atoms with Gasteiger partial charge in [0.05, 0.1) is 30.5 Å². The molecule has 3 heterocycles. The number of piperidine rings is 1. The minimum absolute atomic E-state index is 0.218. The lowest BCUT2D eigenvalue weighted by Crippen LogP contribution is -2.45. The zero-order valence-electron chi connectivity index (χ0n) is 20.9. The zero-order valence-corrected chi connectivity index (χ0v) is 20.9. The molecule has 0 radical (unpaired) electrons. The highest BCUT2D eigenvalue weighted by atomic mass is 19.1. The van der Waals surface area contributed by atoms with Crippen molar-refractivity contribution in [2.24, 2.45) is 4.99 Å². The molecule has 6 rings (SSSR count). The third-order valence-electron chi connectivity index (χ3n) is 6.81. The van der Waals surface area contributed by atoms with Crippen molar-refractivity contribution in [2.45, 2.75) is 25.9 Å². The number of aliphatic imine (C=N–C) groups is 1. The number of nitrogens with zero attached hydrogens (tertiary/aromatic N) is 5. The summed E-state index contributed by atoms with van der Waals surface area (Å²) in [5.74, 6) is 1.49. The van der Waals surface area contributed by atoms with Gasteiger partial charge in [0, 0.05) is 12.7 Å². The van der Waals surface area contributed by atoms with Crippen LogP contribution in [0.15, 0.2) is 95.9 Å². The molecule has 2 aliphatic rings. The molecule has 186 valence electrons. The molecule has 0 aliphatic carbocycles. The first-order valence-corrected chi connectivity index (χ1v) is 12.5. The van der Waals surface area contributed by atoms with Gasteiger partial charge in [0.15, 0.2) is 6.17 Å². The number of imidazole rings is 1. The number of methoxy groups -OCH3 is 1. The zero-order chi connectivity index (χ0) is 25.4. The first-order chi connectivity index (χ1) is 18.1. The fourth-order valence-corrected chi connectivity index (χ4v) is 5.07. The fraction of sp³-hybridized carbons (Fsp3) is 0.200. The van der Waals surface area contributed by atoms with Crippen LogP contribution in [0, 0.1) is 12.7 Å². The highest BCUT2D eigenvalue weighted by Crippen LogP contribution is 2.39. The lowest BCUT2D eigenvalue weighted by molar-refractivity contribution is 0.361. The number of anilines is 1. The molecule has 0 bridgehead atoms. The average molecular weight is 494 g/mol. The predicted octanol–water partition coefficient (Wildman–Crippen LogP) is 6.34. The molecule has 1 aromatic heterocycles.